The number of carbonyl (C=O) groups is 1. The predicted molar refractivity (Wildman–Crippen MR) is 65.6 cm³/mol. The maximum atomic E-state index is 10.8. The second-order valence-corrected chi connectivity index (χ2v) is 3.72. The van der Waals surface area contributed by atoms with Crippen molar-refractivity contribution in [2.24, 2.45) is 0 Å². The van der Waals surface area contributed by atoms with Gasteiger partial charge in [-0.3, -0.25) is 9.67 Å². The van der Waals surface area contributed by atoms with Gasteiger partial charge in [-0.1, -0.05) is 0 Å². The second kappa shape index (κ2) is 5.38. The monoisotopic (exact) mass is 263 g/mol. The molecule has 7 nitrogen and oxygen atoms in total. The molecule has 0 amide bonds. The Morgan fingerprint density at radius 2 is 2.21 bits per heavy atom. The molecule has 100 valence electrons. The van der Waals surface area contributed by atoms with Crippen LogP contribution in [-0.4, -0.2) is 40.1 Å². The van der Waals surface area contributed by atoms with Gasteiger partial charge in [0.15, 0.2) is 11.5 Å². The smallest absolute Gasteiger partial charge is 0.338 e. The summed E-state index contributed by atoms with van der Waals surface area (Å²) in [6.07, 6.45) is 4.32. The summed E-state index contributed by atoms with van der Waals surface area (Å²) in [5.74, 6) is 0.0623. The number of nitrogens with zero attached hydrogens (tertiary/aromatic N) is 3. The van der Waals surface area contributed by atoms with Gasteiger partial charge in [0.05, 0.1) is 32.5 Å². The lowest BCUT2D eigenvalue weighted by atomic mass is 10.3. The molecule has 2 aromatic heterocycles. The molecule has 0 aliphatic carbocycles. The van der Waals surface area contributed by atoms with Gasteiger partial charge in [-0.2, -0.15) is 5.10 Å². The van der Waals surface area contributed by atoms with Gasteiger partial charge in [-0.25, -0.2) is 4.79 Å². The van der Waals surface area contributed by atoms with E-state index in [-0.39, 0.29) is 5.56 Å². The highest BCUT2D eigenvalue weighted by atomic mass is 16.5. The first-order valence-corrected chi connectivity index (χ1v) is 5.47. The van der Waals surface area contributed by atoms with E-state index in [0.717, 1.165) is 0 Å². The van der Waals surface area contributed by atoms with Crippen molar-refractivity contribution in [2.75, 3.05) is 14.2 Å². The SMILES string of the molecule is COc1ccnc(Cn2cc(C(=O)O)cn2)c1OC. The molecule has 0 bridgehead atoms. The summed E-state index contributed by atoms with van der Waals surface area (Å²) in [6, 6.07) is 1.69. The Morgan fingerprint density at radius 1 is 1.42 bits per heavy atom. The van der Waals surface area contributed by atoms with Gasteiger partial charge in [-0.05, 0) is 0 Å². The van der Waals surface area contributed by atoms with Gasteiger partial charge in [0, 0.05) is 18.5 Å². The zero-order chi connectivity index (χ0) is 13.8. The zero-order valence-electron chi connectivity index (χ0n) is 10.5. The average molecular weight is 263 g/mol. The topological polar surface area (TPSA) is 86.5 Å². The van der Waals surface area contributed by atoms with Crippen LogP contribution in [0.25, 0.3) is 0 Å². The number of carboxylic acid groups (broad SMARTS) is 1. The maximum absolute atomic E-state index is 10.8. The highest BCUT2D eigenvalue weighted by Gasteiger charge is 2.13. The largest absolute Gasteiger partial charge is 0.493 e. The summed E-state index contributed by atoms with van der Waals surface area (Å²) in [5, 5.41) is 12.8. The van der Waals surface area contributed by atoms with Crippen molar-refractivity contribution < 1.29 is 19.4 Å². The van der Waals surface area contributed by atoms with Gasteiger partial charge in [-0.15, -0.1) is 0 Å². The second-order valence-electron chi connectivity index (χ2n) is 3.72. The average Bonchev–Trinajstić information content (AvgIpc) is 2.87. The highest BCUT2D eigenvalue weighted by molar-refractivity contribution is 5.86. The Hall–Kier alpha value is -2.57. The van der Waals surface area contributed by atoms with Crippen molar-refractivity contribution in [1.29, 1.82) is 0 Å². The van der Waals surface area contributed by atoms with Crippen molar-refractivity contribution >= 4 is 5.97 Å². The summed E-state index contributed by atoms with van der Waals surface area (Å²) in [6.45, 7) is 0.299. The molecular weight excluding hydrogens is 250 g/mol. The number of ether oxygens (including phenoxy) is 2. The van der Waals surface area contributed by atoms with E-state index in [1.54, 1.807) is 12.3 Å². The first kappa shape index (κ1) is 12.9. The van der Waals surface area contributed by atoms with Crippen molar-refractivity contribution in [1.82, 2.24) is 14.8 Å². The Balaban J connectivity index is 2.29. The van der Waals surface area contributed by atoms with Crippen LogP contribution in [0, 0.1) is 0 Å². The molecule has 0 aromatic carbocycles. The normalized spacial score (nSPS) is 10.2. The molecular formula is C12H13N3O4. The van der Waals surface area contributed by atoms with E-state index in [1.165, 1.54) is 31.3 Å². The van der Waals surface area contributed by atoms with Crippen molar-refractivity contribution in [3.63, 3.8) is 0 Å². The zero-order valence-corrected chi connectivity index (χ0v) is 10.5. The Labute approximate surface area is 109 Å². The fraction of sp³-hybridized carbons (Fsp3) is 0.250. The summed E-state index contributed by atoms with van der Waals surface area (Å²) in [7, 11) is 3.06. The van der Waals surface area contributed by atoms with Crippen LogP contribution < -0.4 is 9.47 Å². The number of rotatable bonds is 5. The van der Waals surface area contributed by atoms with Crippen LogP contribution in [0.5, 0.6) is 11.5 Å². The number of methoxy groups -OCH3 is 2. The molecule has 7 heteroatoms. The third-order valence-electron chi connectivity index (χ3n) is 2.56. The van der Waals surface area contributed by atoms with Gasteiger partial charge in [0.25, 0.3) is 0 Å². The minimum absolute atomic E-state index is 0.127. The van der Waals surface area contributed by atoms with Crippen molar-refractivity contribution in [3.05, 3.63) is 35.9 Å². The number of aromatic carboxylic acids is 1. The Kier molecular flexibility index (Phi) is 3.65. The molecule has 0 radical (unpaired) electrons. The van der Waals surface area contributed by atoms with Crippen LogP contribution in [0.4, 0.5) is 0 Å². The molecule has 2 heterocycles. The number of hydrogen-bond acceptors (Lipinski definition) is 5. The lowest BCUT2D eigenvalue weighted by molar-refractivity contribution is 0.0697. The molecule has 0 saturated carbocycles. The van der Waals surface area contributed by atoms with E-state index in [2.05, 4.69) is 10.1 Å². The fourth-order valence-electron chi connectivity index (χ4n) is 1.68. The molecule has 2 rings (SSSR count). The first-order valence-electron chi connectivity index (χ1n) is 5.47. The number of carboxylic acids is 1. The molecule has 2 aromatic rings. The summed E-state index contributed by atoms with van der Waals surface area (Å²) < 4.78 is 11.9. The van der Waals surface area contributed by atoms with E-state index in [9.17, 15) is 4.79 Å². The van der Waals surface area contributed by atoms with E-state index in [1.807, 2.05) is 0 Å². The lowest BCUT2D eigenvalue weighted by Crippen LogP contribution is -2.05. The molecule has 0 aliphatic rings. The lowest BCUT2D eigenvalue weighted by Gasteiger charge is -2.11. The van der Waals surface area contributed by atoms with Crippen LogP contribution in [0.1, 0.15) is 16.1 Å². The van der Waals surface area contributed by atoms with Crippen LogP contribution >= 0.6 is 0 Å². The third-order valence-corrected chi connectivity index (χ3v) is 2.56. The number of aromatic nitrogens is 3. The standard InChI is InChI=1S/C12H13N3O4/c1-18-10-3-4-13-9(11(10)19-2)7-15-6-8(5-14-15)12(16)17/h3-6H,7H2,1-2H3,(H,16,17). The van der Waals surface area contributed by atoms with E-state index in [0.29, 0.717) is 23.7 Å². The van der Waals surface area contributed by atoms with Crippen LogP contribution in [0.2, 0.25) is 0 Å². The highest BCUT2D eigenvalue weighted by Crippen LogP contribution is 2.29. The van der Waals surface area contributed by atoms with Gasteiger partial charge >= 0.3 is 5.97 Å². The molecule has 1 N–H and O–H groups in total. The number of pyridine rings is 1. The minimum atomic E-state index is -1.02. The first-order chi connectivity index (χ1) is 9.15. The van der Waals surface area contributed by atoms with Gasteiger partial charge in [0.2, 0.25) is 0 Å². The van der Waals surface area contributed by atoms with Gasteiger partial charge in [0.1, 0.15) is 5.69 Å². The molecule has 0 saturated heterocycles. The quantitative estimate of drug-likeness (QED) is 0.867. The molecule has 0 spiro atoms. The van der Waals surface area contributed by atoms with Crippen LogP contribution in [-0.2, 0) is 6.54 Å². The molecule has 0 fully saturated rings. The van der Waals surface area contributed by atoms with E-state index >= 15 is 0 Å². The third kappa shape index (κ3) is 2.65. The predicted octanol–water partition coefficient (Wildman–Crippen LogP) is 1.04. The summed E-state index contributed by atoms with van der Waals surface area (Å²) >= 11 is 0. The Morgan fingerprint density at radius 3 is 2.79 bits per heavy atom. The van der Waals surface area contributed by atoms with Crippen LogP contribution in [0.3, 0.4) is 0 Å². The van der Waals surface area contributed by atoms with Crippen LogP contribution in [0.15, 0.2) is 24.7 Å². The van der Waals surface area contributed by atoms with Crippen molar-refractivity contribution in [2.45, 2.75) is 6.54 Å². The summed E-state index contributed by atoms with van der Waals surface area (Å²) in [5.41, 5.74) is 0.740. The van der Waals surface area contributed by atoms with Crippen molar-refractivity contribution in [3.8, 4) is 11.5 Å². The minimum Gasteiger partial charge on any atom is -0.493 e. The molecule has 19 heavy (non-hydrogen) atoms. The molecule has 0 aliphatic heterocycles. The summed E-state index contributed by atoms with van der Waals surface area (Å²) in [4.78, 5) is 15.0. The number of hydrogen-bond donors (Lipinski definition) is 1. The maximum Gasteiger partial charge on any atom is 0.338 e. The van der Waals surface area contributed by atoms with E-state index < -0.39 is 5.97 Å². The van der Waals surface area contributed by atoms with E-state index in [4.69, 9.17) is 14.6 Å². The van der Waals surface area contributed by atoms with Gasteiger partial charge < -0.3 is 14.6 Å². The Bertz CT molecular complexity index is 594. The molecule has 0 atom stereocenters. The molecule has 0 unspecified atom stereocenters. The fourth-order valence-corrected chi connectivity index (χ4v) is 1.68.